The molecule has 7 nitrogen and oxygen atoms in total. The van der Waals surface area contributed by atoms with Crippen molar-refractivity contribution in [2.24, 2.45) is 5.92 Å². The van der Waals surface area contributed by atoms with Crippen LogP contribution in [0.5, 0.6) is 5.75 Å². The molecule has 0 aromatic heterocycles. The van der Waals surface area contributed by atoms with E-state index in [-0.39, 0.29) is 35.9 Å². The van der Waals surface area contributed by atoms with E-state index in [0.29, 0.717) is 0 Å². The van der Waals surface area contributed by atoms with Crippen molar-refractivity contribution in [3.63, 3.8) is 0 Å². The minimum Gasteiger partial charge on any atom is -0.406 e. The highest BCUT2D eigenvalue weighted by atomic mass is 32.2. The minimum atomic E-state index is -4.85. The number of sulfonamides is 1. The van der Waals surface area contributed by atoms with Gasteiger partial charge in [0.05, 0.1) is 10.9 Å². The highest BCUT2D eigenvalue weighted by Gasteiger charge is 2.53. The fraction of sp³-hybridized carbons (Fsp3) is 0.533. The van der Waals surface area contributed by atoms with Crippen LogP contribution in [0, 0.1) is 5.92 Å². The summed E-state index contributed by atoms with van der Waals surface area (Å²) in [5.74, 6) is -0.979. The number of nitrogens with zero attached hydrogens (tertiary/aromatic N) is 2. The van der Waals surface area contributed by atoms with Crippen LogP contribution in [0.15, 0.2) is 29.2 Å². The predicted molar refractivity (Wildman–Crippen MR) is 82.7 cm³/mol. The zero-order chi connectivity index (χ0) is 19.3. The van der Waals surface area contributed by atoms with E-state index >= 15 is 0 Å². The van der Waals surface area contributed by atoms with Crippen molar-refractivity contribution < 1.29 is 35.9 Å². The normalized spacial score (nSPS) is 27.0. The maximum Gasteiger partial charge on any atom is 0.573 e. The first-order valence-corrected chi connectivity index (χ1v) is 9.14. The molecular formula is C15H17F3N2O5S. The van der Waals surface area contributed by atoms with Gasteiger partial charge in [0.25, 0.3) is 5.91 Å². The van der Waals surface area contributed by atoms with Gasteiger partial charge in [0.2, 0.25) is 10.0 Å². The molecule has 0 aliphatic carbocycles. The second-order valence-electron chi connectivity index (χ2n) is 6.18. The number of hydrogen-bond donors (Lipinski definition) is 0. The number of hydrogen-bond acceptors (Lipinski definition) is 5. The molecule has 0 unspecified atom stereocenters. The SMILES string of the molecule is CO[C@@H]1C(=O)N(C)[C@@H]2CN(S(=O)(=O)c3ccc(OC(F)(F)F)cc3)C[C@H]12. The molecule has 1 aromatic rings. The van der Waals surface area contributed by atoms with Gasteiger partial charge >= 0.3 is 6.36 Å². The molecule has 0 saturated carbocycles. The number of fused-ring (bicyclic) bond motifs is 1. The van der Waals surface area contributed by atoms with Crippen LogP contribution in [0.25, 0.3) is 0 Å². The lowest BCUT2D eigenvalue weighted by Gasteiger charge is -2.21. The lowest BCUT2D eigenvalue weighted by molar-refractivity contribution is -0.274. The molecule has 11 heteroatoms. The molecule has 2 heterocycles. The van der Waals surface area contributed by atoms with Crippen molar-refractivity contribution in [1.82, 2.24) is 9.21 Å². The first-order chi connectivity index (χ1) is 12.0. The molecular weight excluding hydrogens is 377 g/mol. The van der Waals surface area contributed by atoms with Crippen LogP contribution >= 0.6 is 0 Å². The fourth-order valence-electron chi connectivity index (χ4n) is 3.46. The lowest BCUT2D eigenvalue weighted by atomic mass is 10.0. The van der Waals surface area contributed by atoms with Crippen molar-refractivity contribution in [2.45, 2.75) is 23.4 Å². The van der Waals surface area contributed by atoms with E-state index in [1.165, 1.54) is 16.3 Å². The summed E-state index contributed by atoms with van der Waals surface area (Å²) in [5.41, 5.74) is 0. The largest absolute Gasteiger partial charge is 0.573 e. The maximum absolute atomic E-state index is 12.8. The van der Waals surface area contributed by atoms with E-state index in [1.54, 1.807) is 7.05 Å². The number of halogens is 3. The van der Waals surface area contributed by atoms with Crippen LogP contribution in [0.2, 0.25) is 0 Å². The Kier molecular flexibility index (Phi) is 4.65. The van der Waals surface area contributed by atoms with Crippen molar-refractivity contribution in [1.29, 1.82) is 0 Å². The zero-order valence-electron chi connectivity index (χ0n) is 13.9. The summed E-state index contributed by atoms with van der Waals surface area (Å²) >= 11 is 0. The smallest absolute Gasteiger partial charge is 0.406 e. The van der Waals surface area contributed by atoms with Crippen molar-refractivity contribution in [3.05, 3.63) is 24.3 Å². The molecule has 26 heavy (non-hydrogen) atoms. The molecule has 3 rings (SSSR count). The van der Waals surface area contributed by atoms with Crippen molar-refractivity contribution >= 4 is 15.9 Å². The number of likely N-dealkylation sites (tertiary alicyclic amines) is 1. The minimum absolute atomic E-state index is 0.0996. The first kappa shape index (κ1) is 18.9. The molecule has 2 aliphatic heterocycles. The fourth-order valence-corrected chi connectivity index (χ4v) is 4.96. The highest BCUT2D eigenvalue weighted by Crippen LogP contribution is 2.36. The second-order valence-corrected chi connectivity index (χ2v) is 8.12. The summed E-state index contributed by atoms with van der Waals surface area (Å²) in [7, 11) is -0.917. The van der Waals surface area contributed by atoms with E-state index in [1.807, 2.05) is 0 Å². The number of likely N-dealkylation sites (N-methyl/N-ethyl adjacent to an activating group) is 1. The van der Waals surface area contributed by atoms with Crippen LogP contribution in [0.1, 0.15) is 0 Å². The molecule has 0 spiro atoms. The van der Waals surface area contributed by atoms with Gasteiger partial charge in [0, 0.05) is 33.2 Å². The van der Waals surface area contributed by atoms with Crippen LogP contribution in [0.4, 0.5) is 13.2 Å². The molecule has 2 saturated heterocycles. The summed E-state index contributed by atoms with van der Waals surface area (Å²) in [6.45, 7) is 0.207. The molecule has 1 aromatic carbocycles. The molecule has 2 aliphatic rings. The Labute approximate surface area is 148 Å². The van der Waals surface area contributed by atoms with E-state index in [4.69, 9.17) is 4.74 Å². The van der Waals surface area contributed by atoms with Gasteiger partial charge in [-0.25, -0.2) is 8.42 Å². The topological polar surface area (TPSA) is 76.2 Å². The standard InChI is InChI=1S/C15H17F3N2O5S/c1-19-12-8-20(7-11(12)13(24-2)14(19)21)26(22,23)10-5-3-9(4-6-10)25-15(16,17)18/h3-6,11-13H,7-8H2,1-2H3/t11-,12+,13-/m0/s1. The summed E-state index contributed by atoms with van der Waals surface area (Å²) < 4.78 is 72.3. The highest BCUT2D eigenvalue weighted by molar-refractivity contribution is 7.89. The maximum atomic E-state index is 12.8. The summed E-state index contributed by atoms with van der Waals surface area (Å²) in [4.78, 5) is 13.4. The summed E-state index contributed by atoms with van der Waals surface area (Å²) in [6, 6.07) is 3.73. The van der Waals surface area contributed by atoms with Crippen LogP contribution in [-0.4, -0.2) is 69.3 Å². The van der Waals surface area contributed by atoms with Gasteiger partial charge in [-0.1, -0.05) is 0 Å². The van der Waals surface area contributed by atoms with Gasteiger partial charge in [-0.3, -0.25) is 4.79 Å². The van der Waals surface area contributed by atoms with Gasteiger partial charge in [-0.05, 0) is 24.3 Å². The Morgan fingerprint density at radius 2 is 1.77 bits per heavy atom. The number of benzene rings is 1. The van der Waals surface area contributed by atoms with E-state index in [0.717, 1.165) is 24.3 Å². The summed E-state index contributed by atoms with van der Waals surface area (Å²) in [5, 5.41) is 0. The van der Waals surface area contributed by atoms with E-state index in [2.05, 4.69) is 4.74 Å². The van der Waals surface area contributed by atoms with Crippen LogP contribution in [-0.2, 0) is 19.6 Å². The van der Waals surface area contributed by atoms with Gasteiger partial charge in [-0.15, -0.1) is 13.2 Å². The Morgan fingerprint density at radius 1 is 1.15 bits per heavy atom. The third-order valence-corrected chi connectivity index (χ3v) is 6.57. The van der Waals surface area contributed by atoms with Crippen LogP contribution in [0.3, 0.4) is 0 Å². The van der Waals surface area contributed by atoms with Gasteiger partial charge in [0.15, 0.2) is 0 Å². The van der Waals surface area contributed by atoms with Crippen LogP contribution < -0.4 is 4.74 Å². The second kappa shape index (κ2) is 6.39. The Morgan fingerprint density at radius 3 is 2.31 bits per heavy atom. The monoisotopic (exact) mass is 394 g/mol. The number of carbonyl (C=O) groups excluding carboxylic acids is 1. The number of carbonyl (C=O) groups is 1. The van der Waals surface area contributed by atoms with Gasteiger partial charge in [0.1, 0.15) is 11.9 Å². The molecule has 0 bridgehead atoms. The van der Waals surface area contributed by atoms with Crippen molar-refractivity contribution in [3.8, 4) is 5.75 Å². The molecule has 1 amide bonds. The van der Waals surface area contributed by atoms with Gasteiger partial charge < -0.3 is 14.4 Å². The first-order valence-electron chi connectivity index (χ1n) is 7.70. The Balaban J connectivity index is 1.79. The number of ether oxygens (including phenoxy) is 2. The van der Waals surface area contributed by atoms with Crippen molar-refractivity contribution in [2.75, 3.05) is 27.2 Å². The average molecular weight is 394 g/mol. The number of alkyl halides is 3. The number of methoxy groups -OCH3 is 1. The molecule has 2 fully saturated rings. The Bertz CT molecular complexity index is 796. The predicted octanol–water partition coefficient (Wildman–Crippen LogP) is 1.06. The van der Waals surface area contributed by atoms with E-state index < -0.39 is 28.2 Å². The van der Waals surface area contributed by atoms with E-state index in [9.17, 15) is 26.4 Å². The zero-order valence-corrected chi connectivity index (χ0v) is 14.7. The molecule has 144 valence electrons. The lowest BCUT2D eigenvalue weighted by Crippen LogP contribution is -2.38. The average Bonchev–Trinajstić information content (AvgIpc) is 3.07. The summed E-state index contributed by atoms with van der Waals surface area (Å²) in [6.07, 6.45) is -5.55. The van der Waals surface area contributed by atoms with Gasteiger partial charge in [-0.2, -0.15) is 4.31 Å². The number of rotatable bonds is 4. The molecule has 0 radical (unpaired) electrons. The number of amides is 1. The quantitative estimate of drug-likeness (QED) is 0.764. The third-order valence-electron chi connectivity index (χ3n) is 4.73. The molecule has 3 atom stereocenters. The molecule has 0 N–H and O–H groups in total. The third kappa shape index (κ3) is 3.26. The Hall–Kier alpha value is -1.85.